The fraction of sp³-hybridized carbons (Fsp3) is 0.929. The summed E-state index contributed by atoms with van der Waals surface area (Å²) in [5.74, 6) is 1.16. The van der Waals surface area contributed by atoms with E-state index in [-0.39, 0.29) is 17.4 Å². The molecule has 2 atom stereocenters. The average molecular weight is 304 g/mol. The molecule has 0 aliphatic heterocycles. The van der Waals surface area contributed by atoms with E-state index in [9.17, 15) is 4.79 Å². The van der Waals surface area contributed by atoms with Crippen LogP contribution in [0.3, 0.4) is 0 Å². The third kappa shape index (κ3) is 3.97. The molecule has 1 fully saturated rings. The smallest absolute Gasteiger partial charge is 0.223 e. The van der Waals surface area contributed by atoms with Crippen LogP contribution in [0.25, 0.3) is 0 Å². The molecule has 1 rings (SSSR count). The molecule has 1 aliphatic rings. The van der Waals surface area contributed by atoms with Crippen LogP contribution >= 0.6 is 15.9 Å². The second-order valence-corrected chi connectivity index (χ2v) is 6.18. The molecule has 0 heterocycles. The zero-order valence-electron chi connectivity index (χ0n) is 11.4. The van der Waals surface area contributed by atoms with Crippen LogP contribution in [0, 0.1) is 11.8 Å². The van der Waals surface area contributed by atoms with E-state index < -0.39 is 0 Å². The molecule has 0 saturated heterocycles. The number of carbonyl (C=O) groups is 1. The maximum absolute atomic E-state index is 12.2. The van der Waals surface area contributed by atoms with Gasteiger partial charge in [-0.1, -0.05) is 49.5 Å². The standard InChI is InChI=1S/C14H26BrNO/c1-4-12(5-2)13(17)16-14(10-15)8-6-7-11(3)9-14/h11-12H,4-10H2,1-3H3,(H,16,17). The lowest BCUT2D eigenvalue weighted by molar-refractivity contribution is -0.127. The molecule has 1 amide bonds. The lowest BCUT2D eigenvalue weighted by Crippen LogP contribution is -2.54. The Morgan fingerprint density at radius 1 is 1.47 bits per heavy atom. The first kappa shape index (κ1) is 15.0. The van der Waals surface area contributed by atoms with E-state index in [1.165, 1.54) is 12.8 Å². The van der Waals surface area contributed by atoms with Crippen molar-refractivity contribution < 1.29 is 4.79 Å². The van der Waals surface area contributed by atoms with Crippen LogP contribution in [0.15, 0.2) is 0 Å². The first-order chi connectivity index (χ1) is 8.06. The Labute approximate surface area is 114 Å². The number of hydrogen-bond acceptors (Lipinski definition) is 1. The summed E-state index contributed by atoms with van der Waals surface area (Å²) in [6, 6.07) is 0. The minimum atomic E-state index is 0.0112. The van der Waals surface area contributed by atoms with E-state index in [0.717, 1.165) is 36.9 Å². The third-order valence-electron chi connectivity index (χ3n) is 4.09. The van der Waals surface area contributed by atoms with E-state index in [1.807, 2.05) is 0 Å². The number of nitrogens with one attached hydrogen (secondary N) is 1. The van der Waals surface area contributed by atoms with Crippen molar-refractivity contribution in [2.45, 2.75) is 64.8 Å². The zero-order chi connectivity index (χ0) is 12.9. The molecule has 0 aromatic carbocycles. The first-order valence-electron chi connectivity index (χ1n) is 6.95. The van der Waals surface area contributed by atoms with E-state index in [1.54, 1.807) is 0 Å². The van der Waals surface area contributed by atoms with Crippen LogP contribution in [-0.4, -0.2) is 16.8 Å². The molecule has 0 spiro atoms. The monoisotopic (exact) mass is 303 g/mol. The van der Waals surface area contributed by atoms with Crippen LogP contribution < -0.4 is 5.32 Å². The van der Waals surface area contributed by atoms with Gasteiger partial charge in [0, 0.05) is 16.8 Å². The van der Waals surface area contributed by atoms with E-state index in [4.69, 9.17) is 0 Å². The minimum absolute atomic E-state index is 0.0112. The molecule has 0 bridgehead atoms. The van der Waals surface area contributed by atoms with Gasteiger partial charge >= 0.3 is 0 Å². The summed E-state index contributed by atoms with van der Waals surface area (Å²) in [7, 11) is 0. The molecule has 2 nitrogen and oxygen atoms in total. The SMILES string of the molecule is CCC(CC)C(=O)NC1(CBr)CCCC(C)C1. The van der Waals surface area contributed by atoms with Crippen LogP contribution in [-0.2, 0) is 4.79 Å². The number of halogens is 1. The summed E-state index contributed by atoms with van der Waals surface area (Å²) in [6.07, 6.45) is 6.65. The predicted octanol–water partition coefficient (Wildman–Crippen LogP) is 3.88. The third-order valence-corrected chi connectivity index (χ3v) is 5.17. The Kier molecular flexibility index (Phi) is 5.98. The summed E-state index contributed by atoms with van der Waals surface area (Å²) < 4.78 is 0. The highest BCUT2D eigenvalue weighted by Crippen LogP contribution is 2.34. The molecule has 0 radical (unpaired) electrons. The summed E-state index contributed by atoms with van der Waals surface area (Å²) in [5.41, 5.74) is 0.0112. The number of rotatable bonds is 5. The first-order valence-corrected chi connectivity index (χ1v) is 8.07. The highest BCUT2D eigenvalue weighted by Gasteiger charge is 2.36. The van der Waals surface area contributed by atoms with Gasteiger partial charge in [-0.2, -0.15) is 0 Å². The summed E-state index contributed by atoms with van der Waals surface area (Å²) in [5, 5.41) is 4.21. The van der Waals surface area contributed by atoms with Crippen molar-refractivity contribution in [3.63, 3.8) is 0 Å². The highest BCUT2D eigenvalue weighted by atomic mass is 79.9. The van der Waals surface area contributed by atoms with E-state index in [2.05, 4.69) is 42.0 Å². The second kappa shape index (κ2) is 6.77. The molecule has 0 aromatic heterocycles. The van der Waals surface area contributed by atoms with Gasteiger partial charge in [-0.05, 0) is 31.6 Å². The van der Waals surface area contributed by atoms with Gasteiger partial charge in [-0.25, -0.2) is 0 Å². The molecule has 0 aromatic rings. The molecule has 1 N–H and O–H groups in total. The number of hydrogen-bond donors (Lipinski definition) is 1. The molecule has 3 heteroatoms. The maximum Gasteiger partial charge on any atom is 0.223 e. The quantitative estimate of drug-likeness (QED) is 0.767. The molecule has 17 heavy (non-hydrogen) atoms. The largest absolute Gasteiger partial charge is 0.350 e. The maximum atomic E-state index is 12.2. The topological polar surface area (TPSA) is 29.1 Å². The van der Waals surface area contributed by atoms with Crippen LogP contribution in [0.1, 0.15) is 59.3 Å². The molecule has 100 valence electrons. The Morgan fingerprint density at radius 3 is 2.59 bits per heavy atom. The van der Waals surface area contributed by atoms with Crippen molar-refractivity contribution in [2.75, 3.05) is 5.33 Å². The van der Waals surface area contributed by atoms with Crippen LogP contribution in [0.4, 0.5) is 0 Å². The van der Waals surface area contributed by atoms with Crippen molar-refractivity contribution in [1.82, 2.24) is 5.32 Å². The average Bonchev–Trinajstić information content (AvgIpc) is 2.30. The van der Waals surface area contributed by atoms with Crippen molar-refractivity contribution in [2.24, 2.45) is 11.8 Å². The Balaban J connectivity index is 2.64. The molecule has 1 saturated carbocycles. The second-order valence-electron chi connectivity index (χ2n) is 5.62. The Hall–Kier alpha value is -0.0500. The number of amides is 1. The van der Waals surface area contributed by atoms with Gasteiger partial charge in [0.25, 0.3) is 0 Å². The molecular formula is C14H26BrNO. The van der Waals surface area contributed by atoms with Crippen molar-refractivity contribution in [3.8, 4) is 0 Å². The van der Waals surface area contributed by atoms with Gasteiger partial charge in [0.15, 0.2) is 0 Å². The molecule has 1 aliphatic carbocycles. The van der Waals surface area contributed by atoms with Gasteiger partial charge in [0.2, 0.25) is 5.91 Å². The molecule has 2 unspecified atom stereocenters. The van der Waals surface area contributed by atoms with Gasteiger partial charge in [0.1, 0.15) is 0 Å². The van der Waals surface area contributed by atoms with Crippen LogP contribution in [0.2, 0.25) is 0 Å². The van der Waals surface area contributed by atoms with E-state index >= 15 is 0 Å². The fourth-order valence-corrected chi connectivity index (χ4v) is 3.60. The van der Waals surface area contributed by atoms with Gasteiger partial charge in [0.05, 0.1) is 0 Å². The summed E-state index contributed by atoms with van der Waals surface area (Å²) in [4.78, 5) is 12.2. The Bertz CT molecular complexity index is 253. The van der Waals surface area contributed by atoms with Gasteiger partial charge in [-0.15, -0.1) is 0 Å². The highest BCUT2D eigenvalue weighted by molar-refractivity contribution is 9.09. The van der Waals surface area contributed by atoms with Crippen molar-refractivity contribution in [1.29, 1.82) is 0 Å². The minimum Gasteiger partial charge on any atom is -0.350 e. The number of alkyl halides is 1. The van der Waals surface area contributed by atoms with Gasteiger partial charge in [-0.3, -0.25) is 4.79 Å². The predicted molar refractivity (Wildman–Crippen MR) is 76.4 cm³/mol. The van der Waals surface area contributed by atoms with Crippen molar-refractivity contribution >= 4 is 21.8 Å². The number of carbonyl (C=O) groups excluding carboxylic acids is 1. The Morgan fingerprint density at radius 2 is 2.12 bits per heavy atom. The lowest BCUT2D eigenvalue weighted by Gasteiger charge is -2.40. The summed E-state index contributed by atoms with van der Waals surface area (Å²) in [6.45, 7) is 6.48. The molecular weight excluding hydrogens is 278 g/mol. The van der Waals surface area contributed by atoms with Crippen LogP contribution in [0.5, 0.6) is 0 Å². The van der Waals surface area contributed by atoms with Gasteiger partial charge < -0.3 is 5.32 Å². The summed E-state index contributed by atoms with van der Waals surface area (Å²) >= 11 is 3.60. The lowest BCUT2D eigenvalue weighted by atomic mass is 9.77. The van der Waals surface area contributed by atoms with E-state index in [0.29, 0.717) is 0 Å². The zero-order valence-corrected chi connectivity index (χ0v) is 13.0. The normalized spacial score (nSPS) is 29.4. The fourth-order valence-electron chi connectivity index (χ4n) is 2.95. The van der Waals surface area contributed by atoms with Crippen molar-refractivity contribution in [3.05, 3.63) is 0 Å².